The molecule has 5 rings (SSSR count). The molecule has 1 saturated heterocycles. The third-order valence-corrected chi connectivity index (χ3v) is 6.04. The van der Waals surface area contributed by atoms with Crippen molar-refractivity contribution in [3.8, 4) is 23.1 Å². The number of nitrogens with one attached hydrogen (secondary N) is 1. The zero-order chi connectivity index (χ0) is 24.2. The van der Waals surface area contributed by atoms with Crippen LogP contribution in [0, 0.1) is 6.92 Å². The fourth-order valence-electron chi connectivity index (χ4n) is 4.16. The second kappa shape index (κ2) is 10.0. The van der Waals surface area contributed by atoms with E-state index in [1.807, 2.05) is 31.2 Å². The van der Waals surface area contributed by atoms with Crippen molar-refractivity contribution in [2.45, 2.75) is 32.4 Å². The number of aryl methyl sites for hydroxylation is 1. The molecular formula is C25H27N5O5. The van der Waals surface area contributed by atoms with Gasteiger partial charge in [0.05, 0.1) is 13.3 Å². The number of methoxy groups -OCH3 is 1. The maximum Gasteiger partial charge on any atom is 0.272 e. The summed E-state index contributed by atoms with van der Waals surface area (Å²) in [6.07, 6.45) is 3.49. The number of hydrogen-bond acceptors (Lipinski definition) is 9. The van der Waals surface area contributed by atoms with Crippen LogP contribution in [0.3, 0.4) is 0 Å². The molecule has 1 aromatic carbocycles. The fraction of sp³-hybridized carbons (Fsp3) is 0.360. The van der Waals surface area contributed by atoms with Crippen LogP contribution in [-0.4, -0.2) is 54.2 Å². The molecule has 1 N–H and O–H groups in total. The minimum absolute atomic E-state index is 0.107. The molecule has 0 unspecified atom stereocenters. The topological polar surface area (TPSA) is 108 Å². The molecule has 10 heteroatoms. The number of hydrogen-bond donors (Lipinski definition) is 1. The van der Waals surface area contributed by atoms with Gasteiger partial charge in [-0.2, -0.15) is 0 Å². The monoisotopic (exact) mass is 477 g/mol. The number of fused-ring (bicyclic) bond motifs is 1. The van der Waals surface area contributed by atoms with Gasteiger partial charge in [0.1, 0.15) is 11.9 Å². The predicted octanol–water partition coefficient (Wildman–Crippen LogP) is 2.90. The van der Waals surface area contributed by atoms with Crippen LogP contribution >= 0.6 is 0 Å². The van der Waals surface area contributed by atoms with Crippen LogP contribution in [0.1, 0.15) is 34.5 Å². The van der Waals surface area contributed by atoms with E-state index in [-0.39, 0.29) is 24.5 Å². The highest BCUT2D eigenvalue weighted by atomic mass is 16.7. The first-order valence-corrected chi connectivity index (χ1v) is 11.5. The van der Waals surface area contributed by atoms with E-state index in [1.54, 1.807) is 25.4 Å². The molecule has 2 aliphatic rings. The van der Waals surface area contributed by atoms with Crippen molar-refractivity contribution in [3.05, 3.63) is 59.4 Å². The molecular weight excluding hydrogens is 450 g/mol. The smallest absolute Gasteiger partial charge is 0.272 e. The number of carbonyl (C=O) groups is 1. The predicted molar refractivity (Wildman–Crippen MR) is 127 cm³/mol. The van der Waals surface area contributed by atoms with E-state index in [0.717, 1.165) is 48.6 Å². The van der Waals surface area contributed by atoms with Crippen LogP contribution in [0.5, 0.6) is 23.1 Å². The number of nitrogens with zero attached hydrogens (tertiary/aromatic N) is 4. The van der Waals surface area contributed by atoms with Gasteiger partial charge in [-0.05, 0) is 42.3 Å². The van der Waals surface area contributed by atoms with Crippen LogP contribution in [-0.2, 0) is 6.54 Å². The Morgan fingerprint density at radius 1 is 1.11 bits per heavy atom. The molecule has 3 aromatic rings. The van der Waals surface area contributed by atoms with Gasteiger partial charge in [-0.25, -0.2) is 4.98 Å². The number of rotatable bonds is 7. The Hall–Kier alpha value is -4.08. The average Bonchev–Trinajstić information content (AvgIpc) is 3.36. The Bertz CT molecular complexity index is 1200. The number of piperidine rings is 1. The SMILES string of the molecule is COc1ccc(OC2CCN(c3nnc(C(=O)NCc4ccc5c(c4)OCO5)cc3C)CC2)cn1. The van der Waals surface area contributed by atoms with E-state index in [2.05, 4.69) is 25.4 Å². The number of aromatic nitrogens is 3. The second-order valence-corrected chi connectivity index (χ2v) is 8.45. The van der Waals surface area contributed by atoms with Crippen molar-refractivity contribution >= 4 is 11.7 Å². The molecule has 1 fully saturated rings. The summed E-state index contributed by atoms with van der Waals surface area (Å²) >= 11 is 0. The van der Waals surface area contributed by atoms with Crippen molar-refractivity contribution in [1.82, 2.24) is 20.5 Å². The molecule has 10 nitrogen and oxygen atoms in total. The van der Waals surface area contributed by atoms with E-state index >= 15 is 0 Å². The van der Waals surface area contributed by atoms with Gasteiger partial charge < -0.3 is 29.2 Å². The van der Waals surface area contributed by atoms with Crippen LogP contribution in [0.15, 0.2) is 42.6 Å². The van der Waals surface area contributed by atoms with E-state index < -0.39 is 0 Å². The lowest BCUT2D eigenvalue weighted by atomic mass is 10.1. The highest BCUT2D eigenvalue weighted by Gasteiger charge is 2.24. The normalized spacial score (nSPS) is 15.1. The molecule has 0 bridgehead atoms. The zero-order valence-electron chi connectivity index (χ0n) is 19.7. The van der Waals surface area contributed by atoms with Crippen molar-refractivity contribution in [2.24, 2.45) is 0 Å². The van der Waals surface area contributed by atoms with Gasteiger partial charge in [0.15, 0.2) is 23.0 Å². The van der Waals surface area contributed by atoms with E-state index in [4.69, 9.17) is 18.9 Å². The average molecular weight is 478 g/mol. The Kier molecular flexibility index (Phi) is 6.51. The third kappa shape index (κ3) is 5.21. The van der Waals surface area contributed by atoms with Gasteiger partial charge in [-0.15, -0.1) is 10.2 Å². The fourth-order valence-corrected chi connectivity index (χ4v) is 4.16. The Labute approximate surface area is 203 Å². The highest BCUT2D eigenvalue weighted by molar-refractivity contribution is 5.92. The van der Waals surface area contributed by atoms with Gasteiger partial charge in [0.2, 0.25) is 12.7 Å². The lowest BCUT2D eigenvalue weighted by molar-refractivity contribution is 0.0944. The molecule has 2 aliphatic heterocycles. The first kappa shape index (κ1) is 22.7. The van der Waals surface area contributed by atoms with Gasteiger partial charge in [-0.3, -0.25) is 4.79 Å². The molecule has 0 atom stereocenters. The summed E-state index contributed by atoms with van der Waals surface area (Å²) in [7, 11) is 1.59. The first-order valence-electron chi connectivity index (χ1n) is 11.5. The summed E-state index contributed by atoms with van der Waals surface area (Å²) in [5, 5.41) is 11.4. The van der Waals surface area contributed by atoms with Gasteiger partial charge in [-0.1, -0.05) is 6.07 Å². The molecule has 0 aliphatic carbocycles. The van der Waals surface area contributed by atoms with Crippen molar-refractivity contribution in [1.29, 1.82) is 0 Å². The van der Waals surface area contributed by atoms with Crippen LogP contribution in [0.25, 0.3) is 0 Å². The Morgan fingerprint density at radius 3 is 2.69 bits per heavy atom. The third-order valence-electron chi connectivity index (χ3n) is 6.04. The maximum atomic E-state index is 12.6. The summed E-state index contributed by atoms with van der Waals surface area (Å²) in [6, 6.07) is 11.0. The van der Waals surface area contributed by atoms with E-state index in [9.17, 15) is 4.79 Å². The summed E-state index contributed by atoms with van der Waals surface area (Å²) in [4.78, 5) is 19.0. The number of anilines is 1. The molecule has 1 amide bonds. The second-order valence-electron chi connectivity index (χ2n) is 8.45. The molecule has 2 aromatic heterocycles. The van der Waals surface area contributed by atoms with Gasteiger partial charge >= 0.3 is 0 Å². The first-order chi connectivity index (χ1) is 17.1. The molecule has 35 heavy (non-hydrogen) atoms. The van der Waals surface area contributed by atoms with Crippen LogP contribution < -0.4 is 29.2 Å². The van der Waals surface area contributed by atoms with Crippen LogP contribution in [0.4, 0.5) is 5.82 Å². The summed E-state index contributed by atoms with van der Waals surface area (Å²) in [6.45, 7) is 4.11. The number of amides is 1. The minimum atomic E-state index is -0.273. The quantitative estimate of drug-likeness (QED) is 0.549. The number of carbonyl (C=O) groups excluding carboxylic acids is 1. The van der Waals surface area contributed by atoms with Crippen molar-refractivity contribution < 1.29 is 23.7 Å². The standard InChI is InChI=1S/C25H27N5O5/c1-16-11-20(25(31)27-13-17-3-5-21-22(12-17)34-15-33-21)28-29-24(16)30-9-7-18(8-10-30)35-19-4-6-23(32-2)26-14-19/h3-6,11-12,14,18H,7-10,13,15H2,1-2H3,(H,27,31). The molecule has 182 valence electrons. The highest BCUT2D eigenvalue weighted by Crippen LogP contribution is 2.32. The molecule has 4 heterocycles. The Balaban J connectivity index is 1.14. The van der Waals surface area contributed by atoms with Gasteiger partial charge in [0.25, 0.3) is 5.91 Å². The van der Waals surface area contributed by atoms with Crippen molar-refractivity contribution in [3.63, 3.8) is 0 Å². The molecule has 0 saturated carbocycles. The van der Waals surface area contributed by atoms with Gasteiger partial charge in [0, 0.05) is 38.5 Å². The number of pyridine rings is 1. The Morgan fingerprint density at radius 2 is 1.94 bits per heavy atom. The lowest BCUT2D eigenvalue weighted by Crippen LogP contribution is -2.39. The maximum absolute atomic E-state index is 12.6. The summed E-state index contributed by atoms with van der Waals surface area (Å²) < 4.78 is 21.8. The minimum Gasteiger partial charge on any atom is -0.489 e. The number of ether oxygens (including phenoxy) is 4. The largest absolute Gasteiger partial charge is 0.489 e. The summed E-state index contributed by atoms with van der Waals surface area (Å²) in [5.41, 5.74) is 2.11. The molecule has 0 spiro atoms. The lowest BCUT2D eigenvalue weighted by Gasteiger charge is -2.33. The van der Waals surface area contributed by atoms with E-state index in [0.29, 0.717) is 23.9 Å². The summed E-state index contributed by atoms with van der Waals surface area (Å²) in [5.74, 6) is 3.21. The molecule has 0 radical (unpaired) electrons. The zero-order valence-corrected chi connectivity index (χ0v) is 19.7. The van der Waals surface area contributed by atoms with E-state index in [1.165, 1.54) is 0 Å². The number of benzene rings is 1. The van der Waals surface area contributed by atoms with Crippen molar-refractivity contribution in [2.75, 3.05) is 31.9 Å². The van der Waals surface area contributed by atoms with Crippen LogP contribution in [0.2, 0.25) is 0 Å².